The molecule has 0 amide bonds. The fraction of sp³-hybridized carbons (Fsp3) is 0.130. The number of aryl methyl sites for hydroxylation is 8. The van der Waals surface area contributed by atoms with Crippen LogP contribution in [0.1, 0.15) is 63.7 Å². The van der Waals surface area contributed by atoms with Crippen LogP contribution in [0.3, 0.4) is 0 Å². The summed E-state index contributed by atoms with van der Waals surface area (Å²) in [5.41, 5.74) is 15.9. The fourth-order valence-corrected chi connectivity index (χ4v) is 17.2. The van der Waals surface area contributed by atoms with Crippen molar-refractivity contribution in [2.45, 2.75) is 80.7 Å². The van der Waals surface area contributed by atoms with Crippen molar-refractivity contribution >= 4 is 150 Å². The second-order valence-corrected chi connectivity index (χ2v) is 32.7. The largest absolute Gasteiger partial charge is 0.534 e. The van der Waals surface area contributed by atoms with Crippen molar-refractivity contribution in [2.75, 3.05) is 0 Å². The monoisotopic (exact) mass is 2540 g/mol. The second kappa shape index (κ2) is 36.8. The van der Waals surface area contributed by atoms with Crippen LogP contribution in [0.25, 0.3) is 128 Å². The van der Waals surface area contributed by atoms with Gasteiger partial charge in [0.15, 0.2) is 0 Å². The third-order valence-electron chi connectivity index (χ3n) is 20.1. The van der Waals surface area contributed by atoms with Gasteiger partial charge in [-0.3, -0.25) is 15.0 Å². The molecular formula is C92H69Br4F4Ir4N9O3S-4. The molecule has 0 bridgehead atoms. The molecule has 0 spiro atoms. The summed E-state index contributed by atoms with van der Waals surface area (Å²) >= 11 is 14.3. The van der Waals surface area contributed by atoms with E-state index in [2.05, 4.69) is 247 Å². The number of alkyl halides is 3. The number of benzene rings is 11. The summed E-state index contributed by atoms with van der Waals surface area (Å²) in [6.07, 6.45) is 5.82. The van der Waals surface area contributed by atoms with Gasteiger partial charge < -0.3 is 26.7 Å². The number of hydrogen-bond donors (Lipinski definition) is 0. The molecule has 0 saturated carbocycles. The van der Waals surface area contributed by atoms with Crippen molar-refractivity contribution in [1.29, 1.82) is 0 Å². The van der Waals surface area contributed by atoms with Crippen molar-refractivity contribution in [2.24, 2.45) is 0 Å². The standard InChI is InChI=1S/C29H20BrFN3.C25H18F3N2O3S.C21H18BrN2.C17H13Br2N2.4Ir/c1-18-7-6-8-19(2)28(18)33-17-27(30)32-29(33)20-11-13-25-23(15-20)24-16-21(31)12-14-26(24)34(25)22-9-4-3-5-10-22;1-14-12-15(2)21(16(3)13-14)22-24(33-34(31,32)25(26,27)28)29-23-19-10-5-4-8-17(19)18-9-6-7-11-20(18)30(22)23;1-4-13(2)12-19-14(3)23-21-16-9-7-10-17(22)20(16)15-8-5-6-11-18(15)24(19)21;1-11-5-3-6-12(2)16(11)21-10-15(19)20-17(21)13-7-4-8-14(18)9-13;;;;/h3-10,12-17H,1-2H3;4-9,11-13H,1-3H3;5-8,10-11H,2,4,12H2,1,3H3;3-6,8-10H,1-2H3;;;;/q4*-1;;;;. The van der Waals surface area contributed by atoms with Crippen LogP contribution in [0, 0.1) is 85.5 Å². The molecule has 0 saturated heterocycles. The Hall–Kier alpha value is -8.21. The summed E-state index contributed by atoms with van der Waals surface area (Å²) in [5, 5.41) is 7.38. The Labute approximate surface area is 762 Å². The molecule has 0 N–H and O–H groups in total. The minimum absolute atomic E-state index is 0. The summed E-state index contributed by atoms with van der Waals surface area (Å²) in [6, 6.07) is 79.7. The van der Waals surface area contributed by atoms with Crippen LogP contribution in [0.2, 0.25) is 0 Å². The van der Waals surface area contributed by atoms with Gasteiger partial charge in [-0.05, 0) is 191 Å². The van der Waals surface area contributed by atoms with Gasteiger partial charge in [-0.1, -0.05) is 190 Å². The van der Waals surface area contributed by atoms with Crippen molar-refractivity contribution < 1.29 is 111 Å². The van der Waals surface area contributed by atoms with Gasteiger partial charge >= 0.3 is 15.6 Å². The van der Waals surface area contributed by atoms with Gasteiger partial charge in [0.05, 0.1) is 22.9 Å². The molecule has 117 heavy (non-hydrogen) atoms. The molecule has 0 aliphatic carbocycles. The molecule has 25 heteroatoms. The minimum Gasteiger partial charge on any atom is -0.354 e. The van der Waals surface area contributed by atoms with Crippen LogP contribution >= 0.6 is 63.7 Å². The molecule has 4 radical (unpaired) electrons. The van der Waals surface area contributed by atoms with E-state index in [4.69, 9.17) is 9.97 Å². The predicted molar refractivity (Wildman–Crippen MR) is 461 cm³/mol. The normalized spacial score (nSPS) is 11.4. The van der Waals surface area contributed by atoms with E-state index in [-0.39, 0.29) is 97.6 Å². The zero-order valence-corrected chi connectivity index (χ0v) is 80.7. The average Bonchev–Trinajstić information content (AvgIpc) is 1.61. The maximum absolute atomic E-state index is 14.3. The second-order valence-electron chi connectivity index (χ2n) is 27.7. The number of rotatable bonds is 11. The van der Waals surface area contributed by atoms with Crippen LogP contribution < -0.4 is 4.18 Å². The average molecular weight is 2550 g/mol. The smallest absolute Gasteiger partial charge is 0.354 e. The molecule has 11 aromatic carbocycles. The van der Waals surface area contributed by atoms with Crippen molar-refractivity contribution in [3.63, 3.8) is 0 Å². The minimum atomic E-state index is -5.96. The number of para-hydroxylation sites is 5. The van der Waals surface area contributed by atoms with E-state index in [1.54, 1.807) is 34.7 Å². The van der Waals surface area contributed by atoms with Gasteiger partial charge in [-0.2, -0.15) is 21.6 Å². The number of halogens is 8. The number of aromatic nitrogens is 9. The topological polar surface area (TPSA) is 119 Å². The van der Waals surface area contributed by atoms with Crippen LogP contribution in [0.15, 0.2) is 249 Å². The fourth-order valence-electron chi connectivity index (χ4n) is 15.2. The van der Waals surface area contributed by atoms with Crippen molar-refractivity contribution in [1.82, 2.24) is 42.4 Å². The molecule has 0 fully saturated rings. The van der Waals surface area contributed by atoms with E-state index in [1.165, 1.54) is 50.4 Å². The first-order valence-electron chi connectivity index (χ1n) is 36.1. The number of hydrogen-bond acceptors (Lipinski definition) is 7. The summed E-state index contributed by atoms with van der Waals surface area (Å²) in [4.78, 5) is 18.6. The first-order chi connectivity index (χ1) is 54.2. The Bertz CT molecular complexity index is 6920. The molecule has 7 heterocycles. The zero-order valence-electron chi connectivity index (χ0n) is 63.9. The molecular weight excluding hydrogens is 2480 g/mol. The Balaban J connectivity index is 0.000000154. The van der Waals surface area contributed by atoms with Crippen LogP contribution in [0.4, 0.5) is 17.6 Å². The Morgan fingerprint density at radius 2 is 1.05 bits per heavy atom. The molecule has 0 atom stereocenters. The molecule has 18 aromatic rings. The molecule has 18 rings (SSSR count). The van der Waals surface area contributed by atoms with E-state index in [0.29, 0.717) is 16.5 Å². The third-order valence-corrected chi connectivity index (χ3v) is 22.9. The molecule has 12 nitrogen and oxygen atoms in total. The quantitative estimate of drug-likeness (QED) is 0.0316. The molecule has 602 valence electrons. The molecule has 7 aromatic heterocycles. The van der Waals surface area contributed by atoms with E-state index in [9.17, 15) is 26.0 Å². The molecule has 0 aliphatic rings. The first-order valence-corrected chi connectivity index (χ1v) is 40.7. The summed E-state index contributed by atoms with van der Waals surface area (Å²) in [5.74, 6) is 0.764. The Morgan fingerprint density at radius 1 is 0.513 bits per heavy atom. The maximum atomic E-state index is 14.3. The number of allylic oxidation sites excluding steroid dienone is 1. The Kier molecular flexibility index (Phi) is 28.2. The molecule has 0 unspecified atom stereocenters. The van der Waals surface area contributed by atoms with Gasteiger partial charge in [0.25, 0.3) is 0 Å². The SMILES string of the molecule is C=C(CC)Cc1c(C)nc2c3[c-]ccc(Br)c3c3ccccc3n12.Cc1cc(C)c(-c2c(OS(=O)(=O)C(F)(F)F)nc3c4[c-]cccc4c4ccccc4n23)c(C)c1.Cc1cccc(C)c1-n1cc(Br)nc1-c1[c-]cc2c(c1)c1cc(F)ccc1n2-c1ccccc1.Cc1cccc(C)c1-n1cc(Br)nc1-c1[c-]ccc(Br)c1.[Ir].[Ir].[Ir].[Ir]. The van der Waals surface area contributed by atoms with Crippen molar-refractivity contribution in [3.05, 3.63) is 329 Å². The Morgan fingerprint density at radius 3 is 1.65 bits per heavy atom. The van der Waals surface area contributed by atoms with Gasteiger partial charge in [-0.25, -0.2) is 9.37 Å². The molecule has 0 aliphatic heterocycles. The summed E-state index contributed by atoms with van der Waals surface area (Å²) in [7, 11) is -5.96. The van der Waals surface area contributed by atoms with Crippen LogP contribution in [-0.2, 0) is 97.0 Å². The van der Waals surface area contributed by atoms with Crippen molar-refractivity contribution in [3.8, 4) is 57.0 Å². The number of nitrogens with zero attached hydrogens (tertiary/aromatic N) is 9. The third kappa shape index (κ3) is 17.5. The number of fused-ring (bicyclic) bond motifs is 15. The predicted octanol–water partition coefficient (Wildman–Crippen LogP) is 25.7. The van der Waals surface area contributed by atoms with E-state index in [0.717, 1.165) is 142 Å². The zero-order chi connectivity index (χ0) is 79.6. The van der Waals surface area contributed by atoms with E-state index in [1.807, 2.05) is 124 Å². The number of imidazole rings is 4. The van der Waals surface area contributed by atoms with Gasteiger partial charge in [0.1, 0.15) is 20.7 Å². The maximum Gasteiger partial charge on any atom is 0.534 e. The van der Waals surface area contributed by atoms with Crippen LogP contribution in [-0.4, -0.2) is 56.4 Å². The summed E-state index contributed by atoms with van der Waals surface area (Å²) in [6.45, 7) is 22.4. The van der Waals surface area contributed by atoms with E-state index >= 15 is 0 Å². The number of pyridine rings is 2. The van der Waals surface area contributed by atoms with Gasteiger partial charge in [0, 0.05) is 150 Å². The van der Waals surface area contributed by atoms with E-state index < -0.39 is 21.5 Å². The van der Waals surface area contributed by atoms with Crippen LogP contribution in [0.5, 0.6) is 5.88 Å². The van der Waals surface area contributed by atoms with Gasteiger partial charge in [-0.15, -0.1) is 101 Å². The first kappa shape index (κ1) is 89.6. The summed E-state index contributed by atoms with van der Waals surface area (Å²) < 4.78 is 96.9. The van der Waals surface area contributed by atoms with Gasteiger partial charge in [0.2, 0.25) is 5.88 Å².